The SMILES string of the molecule is CC(C)Oc1ncnc(Oc2ccccc2CCO)c1N. The molecule has 0 spiro atoms. The molecule has 0 saturated carbocycles. The van der Waals surface area contributed by atoms with E-state index in [4.69, 9.17) is 20.3 Å². The van der Waals surface area contributed by atoms with Crippen LogP contribution in [-0.2, 0) is 6.42 Å². The standard InChI is InChI=1S/C15H19N3O3/c1-10(2)20-14-13(16)15(18-9-17-14)21-12-6-4-3-5-11(12)7-8-19/h3-6,9-10,19H,7-8,16H2,1-2H3. The predicted molar refractivity (Wildman–Crippen MR) is 79.5 cm³/mol. The van der Waals surface area contributed by atoms with Crippen LogP contribution in [0.3, 0.4) is 0 Å². The zero-order chi connectivity index (χ0) is 15.2. The molecule has 2 aromatic rings. The number of nitrogens with two attached hydrogens (primary N) is 1. The Balaban J connectivity index is 2.28. The summed E-state index contributed by atoms with van der Waals surface area (Å²) in [5.74, 6) is 1.15. The zero-order valence-electron chi connectivity index (χ0n) is 12.1. The Morgan fingerprint density at radius 3 is 2.62 bits per heavy atom. The van der Waals surface area contributed by atoms with Crippen LogP contribution in [0.4, 0.5) is 5.69 Å². The van der Waals surface area contributed by atoms with E-state index in [1.165, 1.54) is 6.33 Å². The fourth-order valence-electron chi connectivity index (χ4n) is 1.80. The summed E-state index contributed by atoms with van der Waals surface area (Å²) in [7, 11) is 0. The summed E-state index contributed by atoms with van der Waals surface area (Å²) in [6.45, 7) is 3.82. The molecule has 1 aromatic heterocycles. The van der Waals surface area contributed by atoms with Crippen molar-refractivity contribution in [1.29, 1.82) is 0 Å². The third kappa shape index (κ3) is 3.82. The highest BCUT2D eigenvalue weighted by molar-refractivity contribution is 5.57. The Morgan fingerprint density at radius 2 is 1.90 bits per heavy atom. The summed E-state index contributed by atoms with van der Waals surface area (Å²) >= 11 is 0. The van der Waals surface area contributed by atoms with Gasteiger partial charge in [0.05, 0.1) is 6.10 Å². The number of aromatic nitrogens is 2. The van der Waals surface area contributed by atoms with Crippen molar-refractivity contribution in [1.82, 2.24) is 9.97 Å². The van der Waals surface area contributed by atoms with Gasteiger partial charge in [0.1, 0.15) is 12.1 Å². The van der Waals surface area contributed by atoms with Gasteiger partial charge in [0, 0.05) is 6.61 Å². The van der Waals surface area contributed by atoms with E-state index in [-0.39, 0.29) is 24.3 Å². The average Bonchev–Trinajstić information content (AvgIpc) is 2.45. The molecule has 1 heterocycles. The van der Waals surface area contributed by atoms with Crippen molar-refractivity contribution < 1.29 is 14.6 Å². The van der Waals surface area contributed by atoms with Gasteiger partial charge < -0.3 is 20.3 Å². The minimum absolute atomic E-state index is 0.0430. The van der Waals surface area contributed by atoms with E-state index in [1.54, 1.807) is 6.07 Å². The Labute approximate surface area is 123 Å². The van der Waals surface area contributed by atoms with Crippen LogP contribution in [0.2, 0.25) is 0 Å². The van der Waals surface area contributed by atoms with Crippen LogP contribution < -0.4 is 15.2 Å². The van der Waals surface area contributed by atoms with Gasteiger partial charge in [-0.3, -0.25) is 0 Å². The fourth-order valence-corrected chi connectivity index (χ4v) is 1.80. The number of nitrogens with zero attached hydrogens (tertiary/aromatic N) is 2. The van der Waals surface area contributed by atoms with Crippen molar-refractivity contribution in [3.05, 3.63) is 36.2 Å². The lowest BCUT2D eigenvalue weighted by atomic mass is 10.1. The van der Waals surface area contributed by atoms with Crippen LogP contribution in [0.1, 0.15) is 19.4 Å². The van der Waals surface area contributed by atoms with E-state index in [9.17, 15) is 0 Å². The molecular weight excluding hydrogens is 270 g/mol. The molecule has 6 heteroatoms. The van der Waals surface area contributed by atoms with Crippen molar-refractivity contribution in [2.24, 2.45) is 0 Å². The molecule has 0 aliphatic carbocycles. The van der Waals surface area contributed by atoms with Crippen molar-refractivity contribution in [2.75, 3.05) is 12.3 Å². The molecule has 0 amide bonds. The molecule has 0 saturated heterocycles. The van der Waals surface area contributed by atoms with Gasteiger partial charge in [0.15, 0.2) is 5.69 Å². The van der Waals surface area contributed by atoms with Crippen molar-refractivity contribution in [2.45, 2.75) is 26.4 Å². The quantitative estimate of drug-likeness (QED) is 0.847. The average molecular weight is 289 g/mol. The summed E-state index contributed by atoms with van der Waals surface area (Å²) in [5.41, 5.74) is 7.11. The van der Waals surface area contributed by atoms with E-state index in [0.29, 0.717) is 18.1 Å². The van der Waals surface area contributed by atoms with Gasteiger partial charge in [-0.05, 0) is 31.9 Å². The van der Waals surface area contributed by atoms with Gasteiger partial charge in [-0.2, -0.15) is 9.97 Å². The second-order valence-corrected chi connectivity index (χ2v) is 4.75. The first kappa shape index (κ1) is 15.1. The van der Waals surface area contributed by atoms with Gasteiger partial charge in [-0.25, -0.2) is 0 Å². The number of aliphatic hydroxyl groups excluding tert-OH is 1. The van der Waals surface area contributed by atoms with E-state index < -0.39 is 0 Å². The summed E-state index contributed by atoms with van der Waals surface area (Å²) < 4.78 is 11.3. The number of anilines is 1. The second-order valence-electron chi connectivity index (χ2n) is 4.75. The first-order valence-corrected chi connectivity index (χ1v) is 6.75. The number of ether oxygens (including phenoxy) is 2. The molecule has 0 aliphatic heterocycles. The van der Waals surface area contributed by atoms with Gasteiger partial charge >= 0.3 is 0 Å². The monoisotopic (exact) mass is 289 g/mol. The highest BCUT2D eigenvalue weighted by atomic mass is 16.5. The molecule has 112 valence electrons. The van der Waals surface area contributed by atoms with Crippen LogP contribution in [0.15, 0.2) is 30.6 Å². The van der Waals surface area contributed by atoms with Gasteiger partial charge in [-0.1, -0.05) is 18.2 Å². The smallest absolute Gasteiger partial charge is 0.249 e. The first-order chi connectivity index (χ1) is 10.1. The number of para-hydroxylation sites is 1. The van der Waals surface area contributed by atoms with Gasteiger partial charge in [0.25, 0.3) is 0 Å². The summed E-state index contributed by atoms with van der Waals surface area (Å²) in [6, 6.07) is 7.41. The number of hydrogen-bond acceptors (Lipinski definition) is 6. The van der Waals surface area contributed by atoms with E-state index in [0.717, 1.165) is 5.56 Å². The van der Waals surface area contributed by atoms with Crippen LogP contribution in [0, 0.1) is 0 Å². The minimum atomic E-state index is -0.0447. The molecule has 1 aromatic carbocycles. The first-order valence-electron chi connectivity index (χ1n) is 6.75. The maximum absolute atomic E-state index is 9.08. The molecule has 6 nitrogen and oxygen atoms in total. The normalized spacial score (nSPS) is 10.7. The third-order valence-electron chi connectivity index (χ3n) is 2.72. The van der Waals surface area contributed by atoms with E-state index in [1.807, 2.05) is 32.0 Å². The molecule has 0 unspecified atom stereocenters. The van der Waals surface area contributed by atoms with Crippen LogP contribution in [0.5, 0.6) is 17.5 Å². The molecule has 0 atom stereocenters. The van der Waals surface area contributed by atoms with Crippen molar-refractivity contribution >= 4 is 5.69 Å². The lowest BCUT2D eigenvalue weighted by Gasteiger charge is -2.14. The summed E-state index contributed by atoms with van der Waals surface area (Å²) in [5, 5.41) is 9.08. The Bertz CT molecular complexity index is 602. The van der Waals surface area contributed by atoms with E-state index >= 15 is 0 Å². The zero-order valence-corrected chi connectivity index (χ0v) is 12.1. The molecule has 0 radical (unpaired) electrons. The summed E-state index contributed by atoms with van der Waals surface area (Å²) in [4.78, 5) is 8.04. The topological polar surface area (TPSA) is 90.5 Å². The van der Waals surface area contributed by atoms with Gasteiger partial charge in [0.2, 0.25) is 11.8 Å². The molecule has 0 bridgehead atoms. The second kappa shape index (κ2) is 6.90. The Morgan fingerprint density at radius 1 is 1.19 bits per heavy atom. The largest absolute Gasteiger partial charge is 0.473 e. The maximum Gasteiger partial charge on any atom is 0.249 e. The summed E-state index contributed by atoms with van der Waals surface area (Å²) in [6.07, 6.45) is 1.80. The Kier molecular flexibility index (Phi) is 4.94. The molecule has 3 N–H and O–H groups in total. The van der Waals surface area contributed by atoms with Crippen molar-refractivity contribution in [3.63, 3.8) is 0 Å². The number of rotatable bonds is 6. The maximum atomic E-state index is 9.08. The minimum Gasteiger partial charge on any atom is -0.473 e. The lowest BCUT2D eigenvalue weighted by Crippen LogP contribution is -2.10. The molecule has 21 heavy (non-hydrogen) atoms. The van der Waals surface area contributed by atoms with Crippen LogP contribution in [0.25, 0.3) is 0 Å². The Hall–Kier alpha value is -2.34. The molecule has 0 fully saturated rings. The highest BCUT2D eigenvalue weighted by Gasteiger charge is 2.14. The molecular formula is C15H19N3O3. The van der Waals surface area contributed by atoms with Gasteiger partial charge in [-0.15, -0.1) is 0 Å². The van der Waals surface area contributed by atoms with Crippen LogP contribution >= 0.6 is 0 Å². The molecule has 0 aliphatic rings. The predicted octanol–water partition coefficient (Wildman–Crippen LogP) is 2.17. The molecule has 2 rings (SSSR count). The highest BCUT2D eigenvalue weighted by Crippen LogP contribution is 2.32. The third-order valence-corrected chi connectivity index (χ3v) is 2.72. The lowest BCUT2D eigenvalue weighted by molar-refractivity contribution is 0.232. The number of benzene rings is 1. The number of nitrogen functional groups attached to an aromatic ring is 1. The number of aliphatic hydroxyl groups is 1. The van der Waals surface area contributed by atoms with E-state index in [2.05, 4.69) is 9.97 Å². The van der Waals surface area contributed by atoms with Crippen LogP contribution in [-0.4, -0.2) is 27.8 Å². The van der Waals surface area contributed by atoms with Crippen molar-refractivity contribution in [3.8, 4) is 17.5 Å². The fraction of sp³-hybridized carbons (Fsp3) is 0.333. The number of hydrogen-bond donors (Lipinski definition) is 2.